The fraction of sp³-hybridized carbons (Fsp3) is 0.615. The Bertz CT molecular complexity index is 300. The highest BCUT2D eigenvalue weighted by Crippen LogP contribution is 2.31. The minimum Gasteiger partial charge on any atom is -0.461 e. The van der Waals surface area contributed by atoms with E-state index in [-0.39, 0.29) is 5.97 Å². The van der Waals surface area contributed by atoms with Gasteiger partial charge in [-0.15, -0.1) is 0 Å². The van der Waals surface area contributed by atoms with Gasteiger partial charge in [0, 0.05) is 0 Å². The Hall–Kier alpha value is -1.05. The number of hydrogen-bond acceptors (Lipinski definition) is 2. The van der Waals surface area contributed by atoms with Gasteiger partial charge in [0.25, 0.3) is 0 Å². The zero-order chi connectivity index (χ0) is 11.4. The van der Waals surface area contributed by atoms with Crippen LogP contribution in [0.1, 0.15) is 34.1 Å². The SMILES string of the molecule is CC.CC1C=C2COC(=O)CC2=CC1C. The van der Waals surface area contributed by atoms with Gasteiger partial charge in [0.05, 0.1) is 6.42 Å². The first kappa shape index (κ1) is 12.0. The minimum atomic E-state index is -0.0925. The van der Waals surface area contributed by atoms with Gasteiger partial charge in [-0.2, -0.15) is 0 Å². The summed E-state index contributed by atoms with van der Waals surface area (Å²) >= 11 is 0. The lowest BCUT2D eigenvalue weighted by atomic mass is 9.83. The molecule has 0 aromatic rings. The Morgan fingerprint density at radius 3 is 2.27 bits per heavy atom. The molecule has 2 atom stereocenters. The molecule has 0 N–H and O–H groups in total. The Kier molecular flexibility index (Phi) is 4.13. The second-order valence-corrected chi connectivity index (χ2v) is 3.94. The summed E-state index contributed by atoms with van der Waals surface area (Å²) in [7, 11) is 0. The molecule has 2 heteroatoms. The summed E-state index contributed by atoms with van der Waals surface area (Å²) < 4.78 is 4.98. The summed E-state index contributed by atoms with van der Waals surface area (Å²) in [5, 5.41) is 0. The Labute approximate surface area is 92.0 Å². The van der Waals surface area contributed by atoms with E-state index < -0.39 is 0 Å². The number of fused-ring (bicyclic) bond motifs is 1. The molecule has 1 aliphatic carbocycles. The van der Waals surface area contributed by atoms with Crippen molar-refractivity contribution in [3.8, 4) is 0 Å². The number of esters is 1. The first-order valence-corrected chi connectivity index (χ1v) is 5.74. The van der Waals surface area contributed by atoms with Gasteiger partial charge in [-0.3, -0.25) is 4.79 Å². The minimum absolute atomic E-state index is 0.0925. The molecule has 0 aromatic carbocycles. The predicted octanol–water partition coefficient (Wildman–Crippen LogP) is 3.10. The number of carbonyl (C=O) groups excluding carboxylic acids is 1. The lowest BCUT2D eigenvalue weighted by Crippen LogP contribution is -2.22. The van der Waals surface area contributed by atoms with E-state index in [9.17, 15) is 4.79 Å². The molecule has 1 aliphatic heterocycles. The first-order chi connectivity index (χ1) is 7.16. The van der Waals surface area contributed by atoms with Crippen molar-refractivity contribution in [2.45, 2.75) is 34.1 Å². The van der Waals surface area contributed by atoms with E-state index in [1.54, 1.807) is 0 Å². The molecule has 0 saturated carbocycles. The molecule has 84 valence electrons. The molecule has 0 amide bonds. The van der Waals surface area contributed by atoms with Crippen molar-refractivity contribution >= 4 is 5.97 Å². The van der Waals surface area contributed by atoms with Gasteiger partial charge < -0.3 is 4.74 Å². The number of hydrogen-bond donors (Lipinski definition) is 0. The molecule has 15 heavy (non-hydrogen) atoms. The first-order valence-electron chi connectivity index (χ1n) is 5.74. The van der Waals surface area contributed by atoms with Crippen molar-refractivity contribution in [3.05, 3.63) is 23.3 Å². The maximum absolute atomic E-state index is 11.0. The van der Waals surface area contributed by atoms with Crippen LogP contribution in [0.15, 0.2) is 23.3 Å². The predicted molar refractivity (Wildman–Crippen MR) is 61.4 cm³/mol. The van der Waals surface area contributed by atoms with Crippen LogP contribution in [0.25, 0.3) is 0 Å². The zero-order valence-electron chi connectivity index (χ0n) is 10.0. The van der Waals surface area contributed by atoms with Gasteiger partial charge in [0.1, 0.15) is 6.61 Å². The lowest BCUT2D eigenvalue weighted by Gasteiger charge is -2.27. The van der Waals surface area contributed by atoms with Crippen LogP contribution in [-0.2, 0) is 9.53 Å². The number of rotatable bonds is 0. The Morgan fingerprint density at radius 2 is 1.67 bits per heavy atom. The third-order valence-corrected chi connectivity index (χ3v) is 2.89. The molecule has 2 rings (SSSR count). The van der Waals surface area contributed by atoms with Crippen molar-refractivity contribution in [1.82, 2.24) is 0 Å². The molecule has 0 spiro atoms. The van der Waals surface area contributed by atoms with E-state index in [4.69, 9.17) is 4.74 Å². The third kappa shape index (κ3) is 2.71. The molecule has 1 fully saturated rings. The molecule has 0 aromatic heterocycles. The van der Waals surface area contributed by atoms with Crippen LogP contribution in [0, 0.1) is 11.8 Å². The average Bonchev–Trinajstić information content (AvgIpc) is 2.23. The van der Waals surface area contributed by atoms with Crippen LogP contribution < -0.4 is 0 Å². The quantitative estimate of drug-likeness (QED) is 0.572. The fourth-order valence-electron chi connectivity index (χ4n) is 1.83. The van der Waals surface area contributed by atoms with Crippen molar-refractivity contribution < 1.29 is 9.53 Å². The van der Waals surface area contributed by atoms with Crippen molar-refractivity contribution in [2.24, 2.45) is 11.8 Å². The van der Waals surface area contributed by atoms with E-state index in [0.29, 0.717) is 24.9 Å². The molecule has 1 heterocycles. The van der Waals surface area contributed by atoms with E-state index in [1.807, 2.05) is 13.8 Å². The third-order valence-electron chi connectivity index (χ3n) is 2.89. The maximum atomic E-state index is 11.0. The van der Waals surface area contributed by atoms with E-state index >= 15 is 0 Å². The highest BCUT2D eigenvalue weighted by Gasteiger charge is 2.24. The summed E-state index contributed by atoms with van der Waals surface area (Å²) in [6.45, 7) is 8.86. The highest BCUT2D eigenvalue weighted by atomic mass is 16.5. The van der Waals surface area contributed by atoms with E-state index in [0.717, 1.165) is 0 Å². The highest BCUT2D eigenvalue weighted by molar-refractivity contribution is 5.76. The van der Waals surface area contributed by atoms with Gasteiger partial charge in [-0.1, -0.05) is 39.8 Å². The monoisotopic (exact) mass is 208 g/mol. The molecule has 2 aliphatic rings. The lowest BCUT2D eigenvalue weighted by molar-refractivity contribution is -0.143. The second-order valence-electron chi connectivity index (χ2n) is 3.94. The number of ether oxygens (including phenoxy) is 1. The van der Waals surface area contributed by atoms with Crippen molar-refractivity contribution in [3.63, 3.8) is 0 Å². The van der Waals surface area contributed by atoms with Crippen LogP contribution in [0.3, 0.4) is 0 Å². The zero-order valence-corrected chi connectivity index (χ0v) is 10.0. The molecule has 0 bridgehead atoms. The van der Waals surface area contributed by atoms with Crippen LogP contribution in [0.4, 0.5) is 0 Å². The van der Waals surface area contributed by atoms with Crippen LogP contribution >= 0.6 is 0 Å². The van der Waals surface area contributed by atoms with Gasteiger partial charge in [-0.05, 0) is 23.0 Å². The number of carbonyl (C=O) groups is 1. The standard InChI is InChI=1S/C11H14O2.C2H6/c1-7-3-9-5-11(12)13-6-10(9)4-8(7)2;1-2/h3-4,7-8H,5-6H2,1-2H3;1-2H3. The van der Waals surface area contributed by atoms with Crippen LogP contribution in [0.2, 0.25) is 0 Å². The largest absolute Gasteiger partial charge is 0.461 e. The van der Waals surface area contributed by atoms with Gasteiger partial charge in [0.15, 0.2) is 0 Å². The van der Waals surface area contributed by atoms with Gasteiger partial charge >= 0.3 is 5.97 Å². The molecule has 0 radical (unpaired) electrons. The summed E-state index contributed by atoms with van der Waals surface area (Å²) in [6.07, 6.45) is 4.90. The second kappa shape index (κ2) is 5.15. The Balaban J connectivity index is 0.000000531. The van der Waals surface area contributed by atoms with Crippen LogP contribution in [-0.4, -0.2) is 12.6 Å². The van der Waals surface area contributed by atoms with E-state index in [1.165, 1.54) is 11.1 Å². The normalized spacial score (nSPS) is 28.9. The maximum Gasteiger partial charge on any atom is 0.310 e. The summed E-state index contributed by atoms with van der Waals surface area (Å²) in [4.78, 5) is 11.0. The molecule has 2 unspecified atom stereocenters. The topological polar surface area (TPSA) is 26.3 Å². The number of allylic oxidation sites excluding steroid dienone is 2. The van der Waals surface area contributed by atoms with Crippen LogP contribution in [0.5, 0.6) is 0 Å². The average molecular weight is 208 g/mol. The molecule has 1 saturated heterocycles. The van der Waals surface area contributed by atoms with E-state index in [2.05, 4.69) is 26.0 Å². The molecule has 2 nitrogen and oxygen atoms in total. The smallest absolute Gasteiger partial charge is 0.310 e. The summed E-state index contributed by atoms with van der Waals surface area (Å²) in [5.41, 5.74) is 2.40. The van der Waals surface area contributed by atoms with Gasteiger partial charge in [-0.25, -0.2) is 0 Å². The van der Waals surface area contributed by atoms with Crippen molar-refractivity contribution in [2.75, 3.05) is 6.61 Å². The molecular formula is C13H20O2. The summed E-state index contributed by atoms with van der Waals surface area (Å²) in [6, 6.07) is 0. The molecular weight excluding hydrogens is 188 g/mol. The number of cyclic esters (lactones) is 1. The fourth-order valence-corrected chi connectivity index (χ4v) is 1.83. The van der Waals surface area contributed by atoms with Gasteiger partial charge in [0.2, 0.25) is 0 Å². The summed E-state index contributed by atoms with van der Waals surface area (Å²) in [5.74, 6) is 1.02. The van der Waals surface area contributed by atoms with Crippen molar-refractivity contribution in [1.29, 1.82) is 0 Å². The Morgan fingerprint density at radius 1 is 1.13 bits per heavy atom.